The maximum Gasteiger partial charge on any atom is 0.243 e. The Hall–Kier alpha value is -1.74. The first-order valence-electron chi connectivity index (χ1n) is 11.1. The minimum atomic E-state index is -3.57. The normalized spacial score (nSPS) is 19.4. The number of rotatable bonds is 8. The lowest BCUT2D eigenvalue weighted by Gasteiger charge is -2.35. The van der Waals surface area contributed by atoms with Gasteiger partial charge in [-0.2, -0.15) is 4.31 Å². The van der Waals surface area contributed by atoms with Crippen LogP contribution >= 0.6 is 11.3 Å². The first-order valence-corrected chi connectivity index (χ1v) is 13.4. The highest BCUT2D eigenvalue weighted by molar-refractivity contribution is 7.89. The molecule has 1 amide bonds. The first kappa shape index (κ1) is 22.5. The van der Waals surface area contributed by atoms with Crippen LogP contribution in [0.2, 0.25) is 0 Å². The molecule has 8 heteroatoms. The number of carbonyl (C=O) groups excluding carboxylic acids is 1. The summed E-state index contributed by atoms with van der Waals surface area (Å²) in [5.74, 6) is 0.551. The third kappa shape index (κ3) is 4.58. The summed E-state index contributed by atoms with van der Waals surface area (Å²) in [5, 5.41) is 5.14. The number of nitrogens with zero attached hydrogens (tertiary/aromatic N) is 2. The fraction of sp³-hybridized carbons (Fsp3) is 0.522. The van der Waals surface area contributed by atoms with Gasteiger partial charge in [0.25, 0.3) is 0 Å². The Labute approximate surface area is 189 Å². The smallest absolute Gasteiger partial charge is 0.243 e. The van der Waals surface area contributed by atoms with Crippen LogP contribution in [-0.4, -0.2) is 49.7 Å². The molecule has 1 aromatic heterocycles. The van der Waals surface area contributed by atoms with Crippen LogP contribution in [0.4, 0.5) is 5.69 Å². The Morgan fingerprint density at radius 2 is 1.97 bits per heavy atom. The number of hydrogen-bond donors (Lipinski definition) is 1. The molecule has 6 nitrogen and oxygen atoms in total. The van der Waals surface area contributed by atoms with Crippen molar-refractivity contribution in [2.45, 2.75) is 51.0 Å². The number of hydrogen-bond acceptors (Lipinski definition) is 5. The van der Waals surface area contributed by atoms with Crippen LogP contribution in [0.5, 0.6) is 0 Å². The summed E-state index contributed by atoms with van der Waals surface area (Å²) < 4.78 is 27.2. The molecule has 0 bridgehead atoms. The second kappa shape index (κ2) is 9.02. The van der Waals surface area contributed by atoms with Gasteiger partial charge in [-0.1, -0.05) is 19.9 Å². The van der Waals surface area contributed by atoms with Gasteiger partial charge in [0.05, 0.1) is 11.4 Å². The van der Waals surface area contributed by atoms with Crippen molar-refractivity contribution in [1.29, 1.82) is 0 Å². The zero-order valence-corrected chi connectivity index (χ0v) is 20.1. The molecule has 1 aliphatic carbocycles. The summed E-state index contributed by atoms with van der Waals surface area (Å²) in [7, 11) is -3.57. The van der Waals surface area contributed by atoms with Crippen LogP contribution in [0.25, 0.3) is 0 Å². The SMILES string of the molecule is CCN(CC)S(=O)(=O)c1ccc(C)c(NC(=O)CN2CCc3sccc3[C@H]2C2CC2)c1. The quantitative estimate of drug-likeness (QED) is 0.644. The predicted molar refractivity (Wildman–Crippen MR) is 125 cm³/mol. The van der Waals surface area contributed by atoms with E-state index in [-0.39, 0.29) is 10.8 Å². The molecule has 4 rings (SSSR count). The number of carbonyl (C=O) groups is 1. The monoisotopic (exact) mass is 461 g/mol. The number of sulfonamides is 1. The number of amides is 1. The van der Waals surface area contributed by atoms with Gasteiger partial charge in [-0.15, -0.1) is 11.3 Å². The Morgan fingerprint density at radius 1 is 1.23 bits per heavy atom. The highest BCUT2D eigenvalue weighted by Crippen LogP contribution is 2.48. The van der Waals surface area contributed by atoms with E-state index in [0.717, 1.165) is 18.5 Å². The van der Waals surface area contributed by atoms with E-state index in [0.29, 0.717) is 37.3 Å². The second-order valence-corrected chi connectivity index (χ2v) is 11.4. The van der Waals surface area contributed by atoms with Crippen molar-refractivity contribution in [2.75, 3.05) is 31.5 Å². The van der Waals surface area contributed by atoms with Gasteiger partial charge >= 0.3 is 0 Å². The molecule has 1 N–H and O–H groups in total. The molecule has 1 aromatic carbocycles. The van der Waals surface area contributed by atoms with Gasteiger partial charge in [0, 0.05) is 36.2 Å². The maximum atomic E-state index is 13.0. The number of anilines is 1. The third-order valence-corrected chi connectivity index (χ3v) is 9.40. The van der Waals surface area contributed by atoms with Crippen molar-refractivity contribution >= 4 is 33.0 Å². The lowest BCUT2D eigenvalue weighted by molar-refractivity contribution is -0.118. The van der Waals surface area contributed by atoms with Crippen molar-refractivity contribution in [3.63, 3.8) is 0 Å². The molecule has 168 valence electrons. The fourth-order valence-corrected chi connectivity index (χ4v) is 6.92. The molecule has 0 radical (unpaired) electrons. The Kier molecular flexibility index (Phi) is 6.53. The minimum Gasteiger partial charge on any atom is -0.325 e. The van der Waals surface area contributed by atoms with Gasteiger partial charge in [-0.3, -0.25) is 9.69 Å². The topological polar surface area (TPSA) is 69.7 Å². The van der Waals surface area contributed by atoms with Gasteiger partial charge in [-0.25, -0.2) is 8.42 Å². The molecular weight excluding hydrogens is 430 g/mol. The minimum absolute atomic E-state index is 0.0928. The predicted octanol–water partition coefficient (Wildman–Crippen LogP) is 4.03. The molecule has 31 heavy (non-hydrogen) atoms. The van der Waals surface area contributed by atoms with Crippen LogP contribution in [0.3, 0.4) is 0 Å². The number of benzene rings is 1. The number of thiophene rings is 1. The highest BCUT2D eigenvalue weighted by Gasteiger charge is 2.40. The summed E-state index contributed by atoms with van der Waals surface area (Å²) in [6, 6.07) is 7.52. The third-order valence-electron chi connectivity index (χ3n) is 6.36. The Bertz CT molecular complexity index is 1060. The standard InChI is InChI=1S/C23H31N3O3S2/c1-4-26(5-2)31(28,29)18-9-6-16(3)20(14-18)24-22(27)15-25-12-10-21-19(11-13-30-21)23(25)17-7-8-17/h6,9,11,13-14,17,23H,4-5,7-8,10,12,15H2,1-3H3,(H,24,27)/t23-/m1/s1. The largest absolute Gasteiger partial charge is 0.325 e. The summed E-state index contributed by atoms with van der Waals surface area (Å²) in [5.41, 5.74) is 2.81. The lowest BCUT2D eigenvalue weighted by atomic mass is 9.96. The van der Waals surface area contributed by atoms with E-state index in [2.05, 4.69) is 21.7 Å². The van der Waals surface area contributed by atoms with Crippen LogP contribution < -0.4 is 5.32 Å². The van der Waals surface area contributed by atoms with E-state index in [4.69, 9.17) is 0 Å². The van der Waals surface area contributed by atoms with E-state index in [1.54, 1.807) is 18.2 Å². The average Bonchev–Trinajstić information content (AvgIpc) is 3.46. The van der Waals surface area contributed by atoms with Crippen molar-refractivity contribution in [1.82, 2.24) is 9.21 Å². The molecule has 1 fully saturated rings. The van der Waals surface area contributed by atoms with Crippen molar-refractivity contribution in [3.05, 3.63) is 45.6 Å². The molecule has 2 aliphatic rings. The van der Waals surface area contributed by atoms with E-state index < -0.39 is 10.0 Å². The van der Waals surface area contributed by atoms with Crippen LogP contribution in [0.15, 0.2) is 34.5 Å². The lowest BCUT2D eigenvalue weighted by Crippen LogP contribution is -2.41. The molecule has 2 aromatic rings. The molecule has 0 saturated heterocycles. The zero-order valence-electron chi connectivity index (χ0n) is 18.4. The number of nitrogens with one attached hydrogen (secondary N) is 1. The summed E-state index contributed by atoms with van der Waals surface area (Å²) in [6.07, 6.45) is 3.44. The van der Waals surface area contributed by atoms with E-state index in [1.807, 2.05) is 32.1 Å². The van der Waals surface area contributed by atoms with E-state index in [1.165, 1.54) is 27.6 Å². The zero-order chi connectivity index (χ0) is 22.2. The Balaban J connectivity index is 1.50. The van der Waals surface area contributed by atoms with Crippen molar-refractivity contribution in [2.24, 2.45) is 5.92 Å². The molecule has 0 spiro atoms. The van der Waals surface area contributed by atoms with E-state index >= 15 is 0 Å². The molecule has 1 aliphatic heterocycles. The summed E-state index contributed by atoms with van der Waals surface area (Å²) in [4.78, 5) is 16.9. The molecule has 0 unspecified atom stereocenters. The molecule has 2 heterocycles. The second-order valence-electron chi connectivity index (χ2n) is 8.42. The van der Waals surface area contributed by atoms with Gasteiger partial charge in [0.15, 0.2) is 0 Å². The van der Waals surface area contributed by atoms with Crippen molar-refractivity contribution in [3.8, 4) is 0 Å². The average molecular weight is 462 g/mol. The first-order chi connectivity index (χ1) is 14.8. The molecular formula is C23H31N3O3S2. The van der Waals surface area contributed by atoms with Gasteiger partial charge in [-0.05, 0) is 66.8 Å². The van der Waals surface area contributed by atoms with E-state index in [9.17, 15) is 13.2 Å². The summed E-state index contributed by atoms with van der Waals surface area (Å²) in [6.45, 7) is 7.57. The van der Waals surface area contributed by atoms with Gasteiger partial charge in [0.1, 0.15) is 0 Å². The number of aryl methyl sites for hydroxylation is 1. The number of fused-ring (bicyclic) bond motifs is 1. The van der Waals surface area contributed by atoms with Crippen LogP contribution in [0.1, 0.15) is 48.7 Å². The maximum absolute atomic E-state index is 13.0. The Morgan fingerprint density at radius 3 is 2.65 bits per heavy atom. The van der Waals surface area contributed by atoms with Crippen molar-refractivity contribution < 1.29 is 13.2 Å². The fourth-order valence-electron chi connectivity index (χ4n) is 4.52. The molecule has 1 saturated carbocycles. The van der Waals surface area contributed by atoms with Gasteiger partial charge in [0.2, 0.25) is 15.9 Å². The summed E-state index contributed by atoms with van der Waals surface area (Å²) >= 11 is 1.82. The van der Waals surface area contributed by atoms with Gasteiger partial charge < -0.3 is 5.32 Å². The molecule has 1 atom stereocenters. The van der Waals surface area contributed by atoms with Crippen LogP contribution in [-0.2, 0) is 21.2 Å². The van der Waals surface area contributed by atoms with Crippen LogP contribution in [0, 0.1) is 12.8 Å². The highest BCUT2D eigenvalue weighted by atomic mass is 32.2.